The lowest BCUT2D eigenvalue weighted by Crippen LogP contribution is -2.27. The van der Waals surface area contributed by atoms with Gasteiger partial charge in [-0.25, -0.2) is 4.98 Å². The molecule has 1 aliphatic carbocycles. The van der Waals surface area contributed by atoms with Gasteiger partial charge in [-0.05, 0) is 37.8 Å². The van der Waals surface area contributed by atoms with Gasteiger partial charge in [0.2, 0.25) is 0 Å². The third kappa shape index (κ3) is 3.10. The van der Waals surface area contributed by atoms with Gasteiger partial charge < -0.3 is 5.73 Å². The maximum atomic E-state index is 6.06. The molecule has 0 aliphatic heterocycles. The van der Waals surface area contributed by atoms with Crippen molar-refractivity contribution >= 4 is 23.4 Å². The zero-order chi connectivity index (χ0) is 10.7. The summed E-state index contributed by atoms with van der Waals surface area (Å²) in [6.45, 7) is 0. The van der Waals surface area contributed by atoms with Gasteiger partial charge in [0.15, 0.2) is 0 Å². The van der Waals surface area contributed by atoms with Crippen LogP contribution in [-0.2, 0) is 0 Å². The van der Waals surface area contributed by atoms with E-state index in [2.05, 4.69) is 4.98 Å². The number of hydrogen-bond acceptors (Lipinski definition) is 3. The SMILES string of the molecule is NC1CCC(Sc2ncccc2Cl)CC1. The Bertz CT molecular complexity index is 324. The molecule has 1 saturated carbocycles. The van der Waals surface area contributed by atoms with Crippen LogP contribution in [-0.4, -0.2) is 16.3 Å². The van der Waals surface area contributed by atoms with Gasteiger partial charge in [0.05, 0.1) is 5.02 Å². The minimum Gasteiger partial charge on any atom is -0.328 e. The highest BCUT2D eigenvalue weighted by Crippen LogP contribution is 2.35. The van der Waals surface area contributed by atoms with Crippen LogP contribution in [0.5, 0.6) is 0 Å². The molecule has 1 aliphatic rings. The van der Waals surface area contributed by atoms with E-state index in [0.29, 0.717) is 11.3 Å². The average Bonchev–Trinajstić information content (AvgIpc) is 2.25. The standard InChI is InChI=1S/C11H15ClN2S/c12-10-2-1-7-14-11(10)15-9-5-3-8(13)4-6-9/h1-2,7-9H,3-6,13H2. The summed E-state index contributed by atoms with van der Waals surface area (Å²) in [6.07, 6.45) is 6.41. The van der Waals surface area contributed by atoms with Crippen molar-refractivity contribution in [2.45, 2.75) is 42.0 Å². The van der Waals surface area contributed by atoms with Crippen molar-refractivity contribution in [2.75, 3.05) is 0 Å². The first kappa shape index (κ1) is 11.2. The van der Waals surface area contributed by atoms with Crippen molar-refractivity contribution in [1.29, 1.82) is 0 Å². The molecule has 0 amide bonds. The van der Waals surface area contributed by atoms with Crippen LogP contribution in [0.25, 0.3) is 0 Å². The topological polar surface area (TPSA) is 38.9 Å². The molecule has 0 atom stereocenters. The zero-order valence-corrected chi connectivity index (χ0v) is 10.1. The molecule has 15 heavy (non-hydrogen) atoms. The van der Waals surface area contributed by atoms with Crippen molar-refractivity contribution in [3.8, 4) is 0 Å². The Hall–Kier alpha value is -0.250. The van der Waals surface area contributed by atoms with E-state index in [1.165, 1.54) is 12.8 Å². The summed E-state index contributed by atoms with van der Waals surface area (Å²) in [5.41, 5.74) is 5.87. The van der Waals surface area contributed by atoms with Crippen LogP contribution >= 0.6 is 23.4 Å². The highest BCUT2D eigenvalue weighted by molar-refractivity contribution is 8.00. The molecule has 2 rings (SSSR count). The molecule has 82 valence electrons. The van der Waals surface area contributed by atoms with Crippen LogP contribution in [0.2, 0.25) is 5.02 Å². The second-order valence-corrected chi connectivity index (χ2v) is 5.64. The molecule has 2 N–H and O–H groups in total. The Kier molecular flexibility index (Phi) is 3.89. The molecule has 0 radical (unpaired) electrons. The second kappa shape index (κ2) is 5.19. The molecule has 0 unspecified atom stereocenters. The third-order valence-electron chi connectivity index (χ3n) is 2.72. The van der Waals surface area contributed by atoms with Crippen LogP contribution in [0, 0.1) is 0 Å². The fourth-order valence-corrected chi connectivity index (χ4v) is 3.20. The van der Waals surface area contributed by atoms with Crippen LogP contribution in [0.15, 0.2) is 23.4 Å². The summed E-state index contributed by atoms with van der Waals surface area (Å²) in [7, 11) is 0. The van der Waals surface area contributed by atoms with Crippen molar-refractivity contribution in [3.63, 3.8) is 0 Å². The molecular formula is C11H15ClN2S. The van der Waals surface area contributed by atoms with Gasteiger partial charge in [0, 0.05) is 17.5 Å². The minimum atomic E-state index is 0.404. The third-order valence-corrected chi connectivity index (χ3v) is 4.49. The molecular weight excluding hydrogens is 228 g/mol. The fraction of sp³-hybridized carbons (Fsp3) is 0.545. The second-order valence-electron chi connectivity index (χ2n) is 3.95. The largest absolute Gasteiger partial charge is 0.328 e. The molecule has 0 spiro atoms. The summed E-state index contributed by atoms with van der Waals surface area (Å²) in [5, 5.41) is 2.36. The number of rotatable bonds is 2. The van der Waals surface area contributed by atoms with Crippen LogP contribution in [0.1, 0.15) is 25.7 Å². The summed E-state index contributed by atoms with van der Waals surface area (Å²) >= 11 is 7.86. The molecule has 1 fully saturated rings. The molecule has 0 saturated heterocycles. The molecule has 4 heteroatoms. The minimum absolute atomic E-state index is 0.404. The molecule has 0 bridgehead atoms. The first-order valence-electron chi connectivity index (χ1n) is 5.28. The van der Waals surface area contributed by atoms with E-state index < -0.39 is 0 Å². The Morgan fingerprint density at radius 3 is 2.73 bits per heavy atom. The maximum Gasteiger partial charge on any atom is 0.115 e. The summed E-state index contributed by atoms with van der Waals surface area (Å²) in [4.78, 5) is 4.29. The van der Waals surface area contributed by atoms with Gasteiger partial charge >= 0.3 is 0 Å². The van der Waals surface area contributed by atoms with Gasteiger partial charge in [0.25, 0.3) is 0 Å². The van der Waals surface area contributed by atoms with E-state index in [4.69, 9.17) is 17.3 Å². The summed E-state index contributed by atoms with van der Waals surface area (Å²) < 4.78 is 0. The molecule has 1 heterocycles. The van der Waals surface area contributed by atoms with E-state index in [0.717, 1.165) is 22.9 Å². The number of halogens is 1. The quantitative estimate of drug-likeness (QED) is 0.866. The van der Waals surface area contributed by atoms with E-state index in [-0.39, 0.29) is 0 Å². The van der Waals surface area contributed by atoms with Gasteiger partial charge in [-0.3, -0.25) is 0 Å². The normalized spacial score (nSPS) is 26.5. The van der Waals surface area contributed by atoms with Gasteiger partial charge in [0.1, 0.15) is 5.03 Å². The number of thioether (sulfide) groups is 1. The number of aromatic nitrogens is 1. The smallest absolute Gasteiger partial charge is 0.115 e. The van der Waals surface area contributed by atoms with E-state index in [9.17, 15) is 0 Å². The predicted molar refractivity (Wildman–Crippen MR) is 65.3 cm³/mol. The lowest BCUT2D eigenvalue weighted by molar-refractivity contribution is 0.450. The Balaban J connectivity index is 1.95. The Morgan fingerprint density at radius 1 is 1.33 bits per heavy atom. The van der Waals surface area contributed by atoms with Crippen molar-refractivity contribution in [1.82, 2.24) is 4.98 Å². The molecule has 0 aromatic carbocycles. The number of nitrogens with two attached hydrogens (primary N) is 1. The maximum absolute atomic E-state index is 6.06. The molecule has 1 aromatic rings. The number of nitrogens with zero attached hydrogens (tertiary/aromatic N) is 1. The van der Waals surface area contributed by atoms with E-state index >= 15 is 0 Å². The Morgan fingerprint density at radius 2 is 2.07 bits per heavy atom. The molecule has 1 aromatic heterocycles. The monoisotopic (exact) mass is 242 g/mol. The van der Waals surface area contributed by atoms with Gasteiger partial charge in [-0.1, -0.05) is 11.6 Å². The van der Waals surface area contributed by atoms with E-state index in [1.807, 2.05) is 12.1 Å². The Labute approximate surface area is 99.6 Å². The van der Waals surface area contributed by atoms with Crippen LogP contribution in [0.4, 0.5) is 0 Å². The van der Waals surface area contributed by atoms with Gasteiger partial charge in [-0.15, -0.1) is 11.8 Å². The summed E-state index contributed by atoms with van der Waals surface area (Å²) in [5.74, 6) is 0. The number of pyridine rings is 1. The van der Waals surface area contributed by atoms with Crippen molar-refractivity contribution < 1.29 is 0 Å². The highest BCUT2D eigenvalue weighted by atomic mass is 35.5. The fourth-order valence-electron chi connectivity index (χ4n) is 1.82. The van der Waals surface area contributed by atoms with Gasteiger partial charge in [-0.2, -0.15) is 0 Å². The lowest BCUT2D eigenvalue weighted by atomic mass is 9.96. The number of hydrogen-bond donors (Lipinski definition) is 1. The zero-order valence-electron chi connectivity index (χ0n) is 8.53. The average molecular weight is 243 g/mol. The summed E-state index contributed by atoms with van der Waals surface area (Å²) in [6, 6.07) is 4.16. The van der Waals surface area contributed by atoms with Crippen molar-refractivity contribution in [3.05, 3.63) is 23.4 Å². The highest BCUT2D eigenvalue weighted by Gasteiger charge is 2.20. The van der Waals surface area contributed by atoms with E-state index in [1.54, 1.807) is 18.0 Å². The first-order valence-corrected chi connectivity index (χ1v) is 6.54. The molecule has 2 nitrogen and oxygen atoms in total. The van der Waals surface area contributed by atoms with Crippen LogP contribution < -0.4 is 5.73 Å². The van der Waals surface area contributed by atoms with Crippen molar-refractivity contribution in [2.24, 2.45) is 5.73 Å². The first-order chi connectivity index (χ1) is 7.25. The van der Waals surface area contributed by atoms with Crippen LogP contribution in [0.3, 0.4) is 0 Å². The predicted octanol–water partition coefficient (Wildman–Crippen LogP) is 3.10. The lowest BCUT2D eigenvalue weighted by Gasteiger charge is -2.25.